The molecule has 11 heteroatoms. The van der Waals surface area contributed by atoms with Crippen LogP contribution in [0.15, 0.2) is 24.3 Å². The summed E-state index contributed by atoms with van der Waals surface area (Å²) < 4.78 is 5.60. The molecular weight excluding hydrogens is 480 g/mol. The lowest BCUT2D eigenvalue weighted by atomic mass is 10.1. The minimum atomic E-state index is -1.20. The van der Waals surface area contributed by atoms with E-state index in [9.17, 15) is 29.4 Å². The van der Waals surface area contributed by atoms with Gasteiger partial charge >= 0.3 is 18.0 Å². The molecule has 0 radical (unpaired) electrons. The van der Waals surface area contributed by atoms with E-state index in [1.54, 1.807) is 24.3 Å². The van der Waals surface area contributed by atoms with E-state index >= 15 is 0 Å². The maximum Gasteiger partial charge on any atom is 0.326 e. The van der Waals surface area contributed by atoms with E-state index in [2.05, 4.69) is 16.0 Å². The van der Waals surface area contributed by atoms with Crippen LogP contribution in [-0.2, 0) is 20.8 Å². The first-order chi connectivity index (χ1) is 17.6. The third kappa shape index (κ3) is 10.3. The van der Waals surface area contributed by atoms with Crippen molar-refractivity contribution in [3.05, 3.63) is 29.8 Å². The summed E-state index contributed by atoms with van der Waals surface area (Å²) in [6, 6.07) is 4.79. The van der Waals surface area contributed by atoms with Crippen molar-refractivity contribution < 1.29 is 34.1 Å². The number of ether oxygens (including phenoxy) is 1. The van der Waals surface area contributed by atoms with Gasteiger partial charge in [0.1, 0.15) is 11.8 Å². The molecule has 37 heavy (non-hydrogen) atoms. The number of carbonyl (C=O) groups is 4. The average Bonchev–Trinajstić information content (AvgIpc) is 3.38. The first-order valence-corrected chi connectivity index (χ1v) is 12.9. The van der Waals surface area contributed by atoms with Crippen molar-refractivity contribution in [2.45, 2.75) is 71.1 Å². The topological polar surface area (TPSA) is 157 Å². The molecule has 1 fully saturated rings. The maximum absolute atomic E-state index is 13.1. The zero-order valence-corrected chi connectivity index (χ0v) is 21.9. The number of aliphatic carboxylic acids is 2. The lowest BCUT2D eigenvalue weighted by Crippen LogP contribution is -2.52. The predicted octanol–water partition coefficient (Wildman–Crippen LogP) is 1.85. The molecule has 3 atom stereocenters. The van der Waals surface area contributed by atoms with Gasteiger partial charge in [-0.1, -0.05) is 25.5 Å². The number of amides is 3. The van der Waals surface area contributed by atoms with Gasteiger partial charge in [0.25, 0.3) is 0 Å². The molecule has 0 bridgehead atoms. The van der Waals surface area contributed by atoms with Crippen LogP contribution >= 0.6 is 0 Å². The number of nitrogens with zero attached hydrogens (tertiary/aromatic N) is 1. The summed E-state index contributed by atoms with van der Waals surface area (Å²) in [5, 5.41) is 27.7. The molecule has 1 saturated heterocycles. The Morgan fingerprint density at radius 3 is 2.38 bits per heavy atom. The number of benzene rings is 1. The number of carboxylic acid groups (broad SMARTS) is 2. The van der Waals surface area contributed by atoms with E-state index in [4.69, 9.17) is 4.74 Å². The molecule has 1 heterocycles. The van der Waals surface area contributed by atoms with E-state index in [1.807, 2.05) is 20.8 Å². The van der Waals surface area contributed by atoms with Gasteiger partial charge in [0.15, 0.2) is 0 Å². The van der Waals surface area contributed by atoms with Gasteiger partial charge in [-0.25, -0.2) is 9.59 Å². The zero-order valence-electron chi connectivity index (χ0n) is 21.9. The van der Waals surface area contributed by atoms with Crippen molar-refractivity contribution >= 4 is 23.9 Å². The number of urea groups is 1. The molecule has 5 N–H and O–H groups in total. The third-order valence-electron chi connectivity index (χ3n) is 6.09. The van der Waals surface area contributed by atoms with Crippen molar-refractivity contribution in [2.24, 2.45) is 5.92 Å². The van der Waals surface area contributed by atoms with Gasteiger partial charge in [-0.3, -0.25) is 9.59 Å². The van der Waals surface area contributed by atoms with E-state index in [1.165, 1.54) is 4.90 Å². The summed E-state index contributed by atoms with van der Waals surface area (Å²) in [6.07, 6.45) is 3.02. The zero-order chi connectivity index (χ0) is 27.4. The number of hydrogen-bond acceptors (Lipinski definition) is 6. The lowest BCUT2D eigenvalue weighted by molar-refractivity contribution is -0.142. The molecular formula is C26H40N4O7. The van der Waals surface area contributed by atoms with Crippen LogP contribution in [0.25, 0.3) is 0 Å². The summed E-state index contributed by atoms with van der Waals surface area (Å²) in [7, 11) is 0. The highest BCUT2D eigenvalue weighted by Gasteiger charge is 2.29. The molecule has 1 aromatic carbocycles. The molecule has 0 spiro atoms. The van der Waals surface area contributed by atoms with Gasteiger partial charge in [-0.15, -0.1) is 0 Å². The minimum absolute atomic E-state index is 0.00772. The van der Waals surface area contributed by atoms with Crippen molar-refractivity contribution in [3.63, 3.8) is 0 Å². The van der Waals surface area contributed by atoms with Crippen LogP contribution in [0.5, 0.6) is 5.75 Å². The summed E-state index contributed by atoms with van der Waals surface area (Å²) >= 11 is 0. The van der Waals surface area contributed by atoms with Crippen LogP contribution in [0.1, 0.15) is 52.0 Å². The molecule has 0 saturated carbocycles. The Balaban J connectivity index is 2.04. The summed E-state index contributed by atoms with van der Waals surface area (Å²) in [5.41, 5.74) is 0.704. The molecule has 3 amide bonds. The monoisotopic (exact) mass is 520 g/mol. The average molecular weight is 521 g/mol. The largest absolute Gasteiger partial charge is 0.491 e. The van der Waals surface area contributed by atoms with Gasteiger partial charge < -0.3 is 35.8 Å². The second-order valence-electron chi connectivity index (χ2n) is 9.58. The Bertz CT molecular complexity index is 901. The maximum atomic E-state index is 13.1. The van der Waals surface area contributed by atoms with Crippen LogP contribution in [0.3, 0.4) is 0 Å². The SMILES string of the molecule is CCCCN(C[C@@H](CNC(=O)[C@@H]1CCCN1)C(=O)O)C(=O)N[C@@H](Cc1ccc(OC(C)C)cc1)C(=O)O. The molecule has 2 rings (SSSR count). The van der Waals surface area contributed by atoms with Gasteiger partial charge in [0.05, 0.1) is 18.1 Å². The van der Waals surface area contributed by atoms with Crippen molar-refractivity contribution in [1.29, 1.82) is 0 Å². The molecule has 0 unspecified atom stereocenters. The number of carbonyl (C=O) groups excluding carboxylic acids is 2. The highest BCUT2D eigenvalue weighted by Crippen LogP contribution is 2.15. The molecule has 206 valence electrons. The van der Waals surface area contributed by atoms with Crippen LogP contribution in [-0.4, -0.2) is 83.4 Å². The highest BCUT2D eigenvalue weighted by molar-refractivity contribution is 5.84. The van der Waals surface area contributed by atoms with Crippen LogP contribution in [0.2, 0.25) is 0 Å². The number of carboxylic acids is 2. The first-order valence-electron chi connectivity index (χ1n) is 12.9. The van der Waals surface area contributed by atoms with Gasteiger partial charge in [-0.2, -0.15) is 0 Å². The summed E-state index contributed by atoms with van der Waals surface area (Å²) in [6.45, 7) is 6.46. The molecule has 0 aromatic heterocycles. The molecule has 1 aromatic rings. The van der Waals surface area contributed by atoms with E-state index in [-0.39, 0.29) is 44.1 Å². The predicted molar refractivity (Wildman–Crippen MR) is 138 cm³/mol. The fourth-order valence-electron chi connectivity index (χ4n) is 4.03. The van der Waals surface area contributed by atoms with E-state index in [0.717, 1.165) is 19.4 Å². The first kappa shape index (κ1) is 29.9. The van der Waals surface area contributed by atoms with E-state index < -0.39 is 29.9 Å². The second kappa shape index (κ2) is 15.0. The minimum Gasteiger partial charge on any atom is -0.491 e. The smallest absolute Gasteiger partial charge is 0.326 e. The standard InChI is InChI=1S/C26H40N4O7/c1-4-5-13-30(16-19(24(32)33)15-28-23(31)21-7-6-12-27-21)26(36)29-22(25(34)35)14-18-8-10-20(11-9-18)37-17(2)3/h8-11,17,19,21-22,27H,4-7,12-16H2,1-3H3,(H,28,31)(H,29,36)(H,32,33)(H,34,35)/t19-,21+,22+/m1/s1. The van der Waals surface area contributed by atoms with Gasteiger partial charge in [0, 0.05) is 26.1 Å². The van der Waals surface area contributed by atoms with E-state index in [0.29, 0.717) is 24.2 Å². The Labute approximate surface area is 217 Å². The molecule has 11 nitrogen and oxygen atoms in total. The van der Waals surface area contributed by atoms with Crippen molar-refractivity contribution in [2.75, 3.05) is 26.2 Å². The quantitative estimate of drug-likeness (QED) is 0.234. The van der Waals surface area contributed by atoms with Crippen molar-refractivity contribution in [3.8, 4) is 5.75 Å². The summed E-state index contributed by atoms with van der Waals surface area (Å²) in [5.74, 6) is -2.98. The number of rotatable bonds is 15. The Morgan fingerprint density at radius 1 is 1.14 bits per heavy atom. The van der Waals surface area contributed by atoms with Crippen molar-refractivity contribution in [1.82, 2.24) is 20.9 Å². The second-order valence-corrected chi connectivity index (χ2v) is 9.58. The Morgan fingerprint density at radius 2 is 1.84 bits per heavy atom. The third-order valence-corrected chi connectivity index (χ3v) is 6.09. The Kier molecular flexibility index (Phi) is 12.1. The Hall–Kier alpha value is -3.34. The summed E-state index contributed by atoms with van der Waals surface area (Å²) in [4.78, 5) is 50.5. The fourth-order valence-corrected chi connectivity index (χ4v) is 4.03. The van der Waals surface area contributed by atoms with Crippen LogP contribution < -0.4 is 20.7 Å². The highest BCUT2D eigenvalue weighted by atomic mass is 16.5. The normalized spacial score (nSPS) is 16.6. The number of hydrogen-bond donors (Lipinski definition) is 5. The van der Waals surface area contributed by atoms with Crippen LogP contribution in [0, 0.1) is 5.92 Å². The fraction of sp³-hybridized carbons (Fsp3) is 0.615. The molecule has 1 aliphatic rings. The number of unbranched alkanes of at least 4 members (excludes halogenated alkanes) is 1. The molecule has 1 aliphatic heterocycles. The van der Waals surface area contributed by atoms with Gasteiger partial charge in [-0.05, 0) is 57.4 Å². The molecule has 0 aliphatic carbocycles. The number of nitrogens with one attached hydrogen (secondary N) is 3. The van der Waals surface area contributed by atoms with Crippen LogP contribution in [0.4, 0.5) is 4.79 Å². The van der Waals surface area contributed by atoms with Gasteiger partial charge in [0.2, 0.25) is 5.91 Å². The lowest BCUT2D eigenvalue weighted by Gasteiger charge is -2.28.